The Morgan fingerprint density at radius 3 is 2.53 bits per heavy atom. The molecule has 4 rings (SSSR count). The van der Waals surface area contributed by atoms with E-state index in [-0.39, 0.29) is 12.6 Å². The average molecular weight is 435 g/mol. The molecule has 0 spiro atoms. The molecule has 0 saturated carbocycles. The normalized spacial score (nSPS) is 11.4. The van der Waals surface area contributed by atoms with Crippen LogP contribution in [0.15, 0.2) is 58.5 Å². The van der Waals surface area contributed by atoms with Gasteiger partial charge in [-0.2, -0.15) is 5.10 Å². The molecular weight excluding hydrogens is 410 g/mol. The minimum Gasteiger partial charge on any atom is -0.325 e. The molecule has 32 heavy (non-hydrogen) atoms. The Morgan fingerprint density at radius 2 is 1.84 bits per heavy atom. The third-order valence-electron chi connectivity index (χ3n) is 5.24. The van der Waals surface area contributed by atoms with Gasteiger partial charge in [0.2, 0.25) is 5.91 Å². The van der Waals surface area contributed by atoms with Gasteiger partial charge < -0.3 is 9.88 Å². The van der Waals surface area contributed by atoms with E-state index in [0.29, 0.717) is 23.5 Å². The number of carbonyl (C=O) groups excluding carboxylic acids is 1. The maximum absolute atomic E-state index is 13.3. The van der Waals surface area contributed by atoms with Crippen LogP contribution in [0.4, 0.5) is 5.82 Å². The smallest absolute Gasteiger partial charge is 0.325 e. The van der Waals surface area contributed by atoms with Crippen LogP contribution in [0.1, 0.15) is 32.4 Å². The van der Waals surface area contributed by atoms with Crippen molar-refractivity contribution in [3.05, 3.63) is 75.3 Å². The molecular formula is C22H25N7O3. The number of anilines is 1. The van der Waals surface area contributed by atoms with Gasteiger partial charge in [-0.1, -0.05) is 30.3 Å². The van der Waals surface area contributed by atoms with Crippen molar-refractivity contribution in [1.82, 2.24) is 28.5 Å². The van der Waals surface area contributed by atoms with Gasteiger partial charge in [0.1, 0.15) is 12.4 Å². The standard InChI is InChI=1S/C22H25N7O3/c1-4-26-14-23-20-19(26)21(31)28(22(32)27(20)12-16-8-6-5-7-9-16)13-18(30)25-17-10-11-24-29(17)15(2)3/h5-11,14-15H,4,12-13H2,1-3H3,(H,25,30). The summed E-state index contributed by atoms with van der Waals surface area (Å²) in [6, 6.07) is 11.1. The van der Waals surface area contributed by atoms with Crippen molar-refractivity contribution >= 4 is 22.9 Å². The van der Waals surface area contributed by atoms with Crippen LogP contribution in [0.5, 0.6) is 0 Å². The van der Waals surface area contributed by atoms with Crippen molar-refractivity contribution in [2.24, 2.45) is 0 Å². The predicted molar refractivity (Wildman–Crippen MR) is 121 cm³/mol. The largest absolute Gasteiger partial charge is 0.333 e. The van der Waals surface area contributed by atoms with Gasteiger partial charge in [-0.3, -0.25) is 14.2 Å². The summed E-state index contributed by atoms with van der Waals surface area (Å²) in [6.07, 6.45) is 3.12. The fraction of sp³-hybridized carbons (Fsp3) is 0.318. The van der Waals surface area contributed by atoms with Crippen LogP contribution < -0.4 is 16.6 Å². The lowest BCUT2D eigenvalue weighted by Crippen LogP contribution is -2.43. The summed E-state index contributed by atoms with van der Waals surface area (Å²) in [6.45, 7) is 6.09. The van der Waals surface area contributed by atoms with Crippen LogP contribution in [0.2, 0.25) is 0 Å². The molecule has 0 aliphatic heterocycles. The van der Waals surface area contributed by atoms with Crippen molar-refractivity contribution in [3.63, 3.8) is 0 Å². The molecule has 0 aliphatic carbocycles. The van der Waals surface area contributed by atoms with E-state index in [9.17, 15) is 14.4 Å². The zero-order chi connectivity index (χ0) is 22.8. The highest BCUT2D eigenvalue weighted by Gasteiger charge is 2.20. The van der Waals surface area contributed by atoms with Crippen molar-refractivity contribution < 1.29 is 4.79 Å². The molecule has 1 amide bonds. The van der Waals surface area contributed by atoms with Crippen LogP contribution in [-0.2, 0) is 24.4 Å². The number of rotatable bonds is 7. The molecule has 4 aromatic rings. The van der Waals surface area contributed by atoms with Crippen LogP contribution in [0.3, 0.4) is 0 Å². The van der Waals surface area contributed by atoms with Gasteiger partial charge in [0.05, 0.1) is 19.1 Å². The third-order valence-corrected chi connectivity index (χ3v) is 5.24. The van der Waals surface area contributed by atoms with Crippen molar-refractivity contribution in [2.75, 3.05) is 5.32 Å². The van der Waals surface area contributed by atoms with E-state index in [4.69, 9.17) is 0 Å². The van der Waals surface area contributed by atoms with Crippen LogP contribution >= 0.6 is 0 Å². The summed E-state index contributed by atoms with van der Waals surface area (Å²) >= 11 is 0. The number of benzene rings is 1. The highest BCUT2D eigenvalue weighted by Crippen LogP contribution is 2.13. The van der Waals surface area contributed by atoms with Crippen molar-refractivity contribution in [2.45, 2.75) is 46.4 Å². The molecule has 0 bridgehead atoms. The van der Waals surface area contributed by atoms with Crippen molar-refractivity contribution in [1.29, 1.82) is 0 Å². The monoisotopic (exact) mass is 435 g/mol. The van der Waals surface area contributed by atoms with E-state index in [1.165, 1.54) is 4.57 Å². The van der Waals surface area contributed by atoms with Gasteiger partial charge in [0.15, 0.2) is 11.2 Å². The van der Waals surface area contributed by atoms with Crippen molar-refractivity contribution in [3.8, 4) is 0 Å². The van der Waals surface area contributed by atoms with Gasteiger partial charge >= 0.3 is 5.69 Å². The molecule has 10 heteroatoms. The Bertz CT molecular complexity index is 1380. The number of aromatic nitrogens is 6. The summed E-state index contributed by atoms with van der Waals surface area (Å²) in [5.74, 6) is 0.0158. The zero-order valence-electron chi connectivity index (χ0n) is 18.2. The minimum absolute atomic E-state index is 0.0429. The number of hydrogen-bond acceptors (Lipinski definition) is 5. The summed E-state index contributed by atoms with van der Waals surface area (Å²) in [5, 5.41) is 6.93. The lowest BCUT2D eigenvalue weighted by molar-refractivity contribution is -0.116. The van der Waals surface area contributed by atoms with Gasteiger partial charge in [0.25, 0.3) is 5.56 Å². The number of aryl methyl sites for hydroxylation is 1. The molecule has 0 aliphatic rings. The molecule has 0 radical (unpaired) electrons. The molecule has 10 nitrogen and oxygen atoms in total. The number of hydrogen-bond donors (Lipinski definition) is 1. The number of imidazole rings is 1. The quantitative estimate of drug-likeness (QED) is 0.477. The average Bonchev–Trinajstić information content (AvgIpc) is 3.42. The van der Waals surface area contributed by atoms with E-state index < -0.39 is 23.7 Å². The fourth-order valence-corrected chi connectivity index (χ4v) is 3.68. The maximum Gasteiger partial charge on any atom is 0.333 e. The van der Waals surface area contributed by atoms with E-state index in [1.807, 2.05) is 51.1 Å². The van der Waals surface area contributed by atoms with E-state index >= 15 is 0 Å². The van der Waals surface area contributed by atoms with E-state index in [1.54, 1.807) is 27.8 Å². The molecule has 3 aromatic heterocycles. The molecule has 0 fully saturated rings. The molecule has 1 aromatic carbocycles. The molecule has 1 N–H and O–H groups in total. The Hall–Kier alpha value is -3.95. The second-order valence-corrected chi connectivity index (χ2v) is 7.75. The fourth-order valence-electron chi connectivity index (χ4n) is 3.68. The summed E-state index contributed by atoms with van der Waals surface area (Å²) in [4.78, 5) is 43.6. The highest BCUT2D eigenvalue weighted by atomic mass is 16.2. The Kier molecular flexibility index (Phi) is 5.76. The van der Waals surface area contributed by atoms with Crippen LogP contribution in [-0.4, -0.2) is 34.4 Å². The number of carbonyl (C=O) groups is 1. The van der Waals surface area contributed by atoms with Gasteiger partial charge in [-0.15, -0.1) is 0 Å². The highest BCUT2D eigenvalue weighted by molar-refractivity contribution is 5.89. The first-order valence-corrected chi connectivity index (χ1v) is 10.5. The second-order valence-electron chi connectivity index (χ2n) is 7.75. The summed E-state index contributed by atoms with van der Waals surface area (Å²) in [7, 11) is 0. The SMILES string of the molecule is CCn1cnc2c1c(=O)n(CC(=O)Nc1ccnn1C(C)C)c(=O)n2Cc1ccccc1. The van der Waals surface area contributed by atoms with E-state index in [0.717, 1.165) is 10.1 Å². The number of nitrogens with zero attached hydrogens (tertiary/aromatic N) is 6. The lowest BCUT2D eigenvalue weighted by Gasteiger charge is -2.14. The van der Waals surface area contributed by atoms with E-state index in [2.05, 4.69) is 15.4 Å². The topological polar surface area (TPSA) is 109 Å². The van der Waals surface area contributed by atoms with Gasteiger partial charge in [-0.25, -0.2) is 19.0 Å². The number of fused-ring (bicyclic) bond motifs is 1. The molecule has 0 unspecified atom stereocenters. The number of amides is 1. The predicted octanol–water partition coefficient (Wildman–Crippen LogP) is 1.84. The van der Waals surface area contributed by atoms with Gasteiger partial charge in [0, 0.05) is 18.7 Å². The van der Waals surface area contributed by atoms with Gasteiger partial charge in [-0.05, 0) is 26.3 Å². The molecule has 0 atom stereocenters. The Balaban J connectivity index is 1.77. The maximum atomic E-state index is 13.3. The summed E-state index contributed by atoms with van der Waals surface area (Å²) < 4.78 is 5.74. The lowest BCUT2D eigenvalue weighted by atomic mass is 10.2. The summed E-state index contributed by atoms with van der Waals surface area (Å²) in [5.41, 5.74) is 0.363. The molecule has 166 valence electrons. The Morgan fingerprint density at radius 1 is 1.09 bits per heavy atom. The molecule has 0 saturated heterocycles. The first-order chi connectivity index (χ1) is 15.4. The zero-order valence-corrected chi connectivity index (χ0v) is 18.2. The van der Waals surface area contributed by atoms with Crippen LogP contribution in [0, 0.1) is 0 Å². The Labute approximate surface area is 183 Å². The first-order valence-electron chi connectivity index (χ1n) is 10.5. The number of nitrogens with one attached hydrogen (secondary N) is 1. The first kappa shape index (κ1) is 21.3. The minimum atomic E-state index is -0.583. The molecule has 3 heterocycles. The second kappa shape index (κ2) is 8.66. The third kappa shape index (κ3) is 3.86. The van der Waals surface area contributed by atoms with Crippen LogP contribution in [0.25, 0.3) is 11.2 Å².